The highest BCUT2D eigenvalue weighted by molar-refractivity contribution is 5.95. The molecule has 0 saturated carbocycles. The van der Waals surface area contributed by atoms with E-state index >= 15 is 0 Å². The van der Waals surface area contributed by atoms with Gasteiger partial charge in [0.25, 0.3) is 5.91 Å². The number of carbonyl (C=O) groups excluding carboxylic acids is 2. The third kappa shape index (κ3) is 5.41. The Balaban J connectivity index is 1.80. The number of benzene rings is 1. The molecule has 2 N–H and O–H groups in total. The largest absolute Gasteiger partial charge is 0.461 e. The monoisotopic (exact) mass is 347 g/mol. The summed E-state index contributed by atoms with van der Waals surface area (Å²) in [7, 11) is 0. The standard InChI is InChI=1S/C18H22FN3O3/c1-3-25-18(24)16-11-15(21-22-16)17(23)20-12(2)7-6-9-13-8-4-5-10-14(13)19/h4-5,8,10-12H,3,6-7,9H2,1-2H3,(H,20,23)(H,21,22). The van der Waals surface area contributed by atoms with E-state index in [0.717, 1.165) is 6.42 Å². The molecular formula is C18H22FN3O3. The van der Waals surface area contributed by atoms with Crippen LogP contribution in [0.25, 0.3) is 0 Å². The van der Waals surface area contributed by atoms with Crippen LogP contribution in [0.2, 0.25) is 0 Å². The molecule has 6 nitrogen and oxygen atoms in total. The highest BCUT2D eigenvalue weighted by Crippen LogP contribution is 2.11. The number of nitrogens with zero attached hydrogens (tertiary/aromatic N) is 1. The number of hydrogen-bond acceptors (Lipinski definition) is 4. The van der Waals surface area contributed by atoms with Crippen LogP contribution in [0.5, 0.6) is 0 Å². The summed E-state index contributed by atoms with van der Waals surface area (Å²) < 4.78 is 18.4. The second kappa shape index (κ2) is 8.96. The maximum Gasteiger partial charge on any atom is 0.356 e. The zero-order valence-corrected chi connectivity index (χ0v) is 14.3. The third-order valence-electron chi connectivity index (χ3n) is 3.72. The number of H-pyrrole nitrogens is 1. The fraction of sp³-hybridized carbons (Fsp3) is 0.389. The van der Waals surface area contributed by atoms with Gasteiger partial charge in [-0.3, -0.25) is 9.89 Å². The van der Waals surface area contributed by atoms with Crippen molar-refractivity contribution < 1.29 is 18.7 Å². The molecule has 0 aliphatic rings. The molecule has 0 saturated heterocycles. The van der Waals surface area contributed by atoms with E-state index < -0.39 is 5.97 Å². The minimum absolute atomic E-state index is 0.0954. The second-order valence-electron chi connectivity index (χ2n) is 5.75. The molecule has 2 rings (SSSR count). The molecule has 1 atom stereocenters. The average Bonchev–Trinajstić information content (AvgIpc) is 3.07. The zero-order chi connectivity index (χ0) is 18.2. The summed E-state index contributed by atoms with van der Waals surface area (Å²) in [6.45, 7) is 3.82. The Bertz CT molecular complexity index is 730. The molecule has 1 unspecified atom stereocenters. The van der Waals surface area contributed by atoms with Gasteiger partial charge in [-0.15, -0.1) is 0 Å². The molecule has 0 bridgehead atoms. The van der Waals surface area contributed by atoms with E-state index in [1.807, 2.05) is 13.0 Å². The fourth-order valence-corrected chi connectivity index (χ4v) is 2.42. The lowest BCUT2D eigenvalue weighted by atomic mass is 10.0. The van der Waals surface area contributed by atoms with Crippen molar-refractivity contribution in [1.82, 2.24) is 15.5 Å². The first-order valence-electron chi connectivity index (χ1n) is 8.28. The first-order chi connectivity index (χ1) is 12.0. The van der Waals surface area contributed by atoms with E-state index in [0.29, 0.717) is 18.4 Å². The summed E-state index contributed by atoms with van der Waals surface area (Å²) in [6.07, 6.45) is 2.06. The Hall–Kier alpha value is -2.70. The summed E-state index contributed by atoms with van der Waals surface area (Å²) >= 11 is 0. The van der Waals surface area contributed by atoms with E-state index in [2.05, 4.69) is 15.5 Å². The molecule has 0 aliphatic heterocycles. The van der Waals surface area contributed by atoms with Crippen LogP contribution in [0.1, 0.15) is 53.2 Å². The van der Waals surface area contributed by atoms with Gasteiger partial charge >= 0.3 is 5.97 Å². The SMILES string of the molecule is CCOC(=O)c1cc(C(=O)NC(C)CCCc2ccccc2F)n[nH]1. The molecule has 134 valence electrons. The van der Waals surface area contributed by atoms with Crippen molar-refractivity contribution in [3.05, 3.63) is 53.1 Å². The van der Waals surface area contributed by atoms with Crippen molar-refractivity contribution in [3.8, 4) is 0 Å². The molecule has 25 heavy (non-hydrogen) atoms. The van der Waals surface area contributed by atoms with E-state index in [-0.39, 0.29) is 35.8 Å². The third-order valence-corrected chi connectivity index (χ3v) is 3.72. The lowest BCUT2D eigenvalue weighted by molar-refractivity contribution is 0.0519. The van der Waals surface area contributed by atoms with Gasteiger partial charge in [0.05, 0.1) is 6.61 Å². The second-order valence-corrected chi connectivity index (χ2v) is 5.75. The van der Waals surface area contributed by atoms with Crippen LogP contribution in [0.15, 0.2) is 30.3 Å². The van der Waals surface area contributed by atoms with Crippen molar-refractivity contribution in [2.24, 2.45) is 0 Å². The number of ether oxygens (including phenoxy) is 1. The van der Waals surface area contributed by atoms with Gasteiger partial charge in [-0.2, -0.15) is 5.10 Å². The van der Waals surface area contributed by atoms with Gasteiger partial charge in [0.15, 0.2) is 5.69 Å². The molecule has 1 heterocycles. The summed E-state index contributed by atoms with van der Waals surface area (Å²) in [6, 6.07) is 7.94. The lowest BCUT2D eigenvalue weighted by Crippen LogP contribution is -2.32. The Morgan fingerprint density at radius 3 is 2.84 bits per heavy atom. The molecule has 1 aromatic heterocycles. The predicted octanol–water partition coefficient (Wildman–Crippen LogP) is 2.87. The number of hydrogen-bond donors (Lipinski definition) is 2. The fourth-order valence-electron chi connectivity index (χ4n) is 2.42. The Labute approximate surface area is 145 Å². The predicted molar refractivity (Wildman–Crippen MR) is 90.8 cm³/mol. The number of carbonyl (C=O) groups is 2. The summed E-state index contributed by atoms with van der Waals surface area (Å²) in [5.41, 5.74) is 0.940. The van der Waals surface area contributed by atoms with Crippen LogP contribution in [-0.4, -0.2) is 34.7 Å². The van der Waals surface area contributed by atoms with Gasteiger partial charge in [-0.05, 0) is 44.7 Å². The van der Waals surface area contributed by atoms with Crippen LogP contribution in [0.3, 0.4) is 0 Å². The van der Waals surface area contributed by atoms with Crippen molar-refractivity contribution in [3.63, 3.8) is 0 Å². The van der Waals surface area contributed by atoms with E-state index in [1.54, 1.807) is 19.1 Å². The van der Waals surface area contributed by atoms with E-state index in [4.69, 9.17) is 4.74 Å². The van der Waals surface area contributed by atoms with Gasteiger partial charge in [0.1, 0.15) is 11.5 Å². The molecule has 7 heteroatoms. The minimum atomic E-state index is -0.549. The minimum Gasteiger partial charge on any atom is -0.461 e. The number of rotatable bonds is 8. The average molecular weight is 347 g/mol. The van der Waals surface area contributed by atoms with Crippen LogP contribution < -0.4 is 5.32 Å². The molecule has 1 aromatic carbocycles. The number of nitrogens with one attached hydrogen (secondary N) is 2. The molecule has 1 amide bonds. The molecule has 0 aliphatic carbocycles. The quantitative estimate of drug-likeness (QED) is 0.719. The van der Waals surface area contributed by atoms with Crippen molar-refractivity contribution >= 4 is 11.9 Å². The topological polar surface area (TPSA) is 84.1 Å². The Kier molecular flexibility index (Phi) is 6.68. The summed E-state index contributed by atoms with van der Waals surface area (Å²) in [5.74, 6) is -1.13. The van der Waals surface area contributed by atoms with Gasteiger partial charge in [-0.25, -0.2) is 9.18 Å². The Morgan fingerprint density at radius 1 is 1.36 bits per heavy atom. The number of halogens is 1. The zero-order valence-electron chi connectivity index (χ0n) is 14.3. The van der Waals surface area contributed by atoms with Crippen molar-refractivity contribution in [2.45, 2.75) is 39.2 Å². The van der Waals surface area contributed by atoms with Crippen LogP contribution >= 0.6 is 0 Å². The van der Waals surface area contributed by atoms with Crippen molar-refractivity contribution in [1.29, 1.82) is 0 Å². The molecular weight excluding hydrogens is 325 g/mol. The van der Waals surface area contributed by atoms with Gasteiger partial charge in [-0.1, -0.05) is 18.2 Å². The first kappa shape index (κ1) is 18.6. The number of esters is 1. The smallest absolute Gasteiger partial charge is 0.356 e. The lowest BCUT2D eigenvalue weighted by Gasteiger charge is -2.13. The summed E-state index contributed by atoms with van der Waals surface area (Å²) in [4.78, 5) is 23.7. The highest BCUT2D eigenvalue weighted by atomic mass is 19.1. The Morgan fingerprint density at radius 2 is 2.12 bits per heavy atom. The number of amides is 1. The molecule has 0 spiro atoms. The number of aryl methyl sites for hydroxylation is 1. The van der Waals surface area contributed by atoms with Gasteiger partial charge in [0, 0.05) is 12.1 Å². The van der Waals surface area contributed by atoms with Crippen LogP contribution in [0.4, 0.5) is 4.39 Å². The maximum absolute atomic E-state index is 13.5. The van der Waals surface area contributed by atoms with E-state index in [9.17, 15) is 14.0 Å². The number of aromatic nitrogens is 2. The molecule has 0 radical (unpaired) electrons. The maximum atomic E-state index is 13.5. The summed E-state index contributed by atoms with van der Waals surface area (Å²) in [5, 5.41) is 9.13. The first-order valence-corrected chi connectivity index (χ1v) is 8.28. The number of aromatic amines is 1. The van der Waals surface area contributed by atoms with Crippen LogP contribution in [-0.2, 0) is 11.2 Å². The molecule has 0 fully saturated rings. The highest BCUT2D eigenvalue weighted by Gasteiger charge is 2.17. The van der Waals surface area contributed by atoms with Crippen molar-refractivity contribution in [2.75, 3.05) is 6.61 Å². The van der Waals surface area contributed by atoms with E-state index in [1.165, 1.54) is 12.1 Å². The van der Waals surface area contributed by atoms with Crippen LogP contribution in [0, 0.1) is 5.82 Å². The van der Waals surface area contributed by atoms with Gasteiger partial charge in [0.2, 0.25) is 0 Å². The normalized spacial score (nSPS) is 11.8. The van der Waals surface area contributed by atoms with Gasteiger partial charge < -0.3 is 10.1 Å². The molecule has 2 aromatic rings.